The lowest BCUT2D eigenvalue weighted by Gasteiger charge is -2.27. The van der Waals surface area contributed by atoms with Gasteiger partial charge in [0, 0.05) is 31.5 Å². The van der Waals surface area contributed by atoms with Gasteiger partial charge in [-0.2, -0.15) is 0 Å². The summed E-state index contributed by atoms with van der Waals surface area (Å²) < 4.78 is 6.29. The van der Waals surface area contributed by atoms with E-state index in [9.17, 15) is 33.9 Å². The fourth-order valence-electron chi connectivity index (χ4n) is 6.59. The summed E-state index contributed by atoms with van der Waals surface area (Å²) in [4.78, 5) is 90.0. The van der Waals surface area contributed by atoms with E-state index in [1.165, 1.54) is 34.9 Å². The first-order valence-electron chi connectivity index (χ1n) is 19.5. The van der Waals surface area contributed by atoms with E-state index in [2.05, 4.69) is 31.2 Å². The third kappa shape index (κ3) is 13.0. The summed E-state index contributed by atoms with van der Waals surface area (Å²) in [7, 11) is 3.91. The molecule has 3 heterocycles. The topological polar surface area (TPSA) is 212 Å². The van der Waals surface area contributed by atoms with Crippen LogP contribution in [-0.2, 0) is 35.3 Å². The number of carbonyl (C=O) groups excluding carboxylic acids is 5. The molecule has 0 aliphatic carbocycles. The van der Waals surface area contributed by atoms with Gasteiger partial charge >= 0.3 is 12.1 Å². The second kappa shape index (κ2) is 21.6. The molecule has 18 heteroatoms. The van der Waals surface area contributed by atoms with Crippen LogP contribution in [0.2, 0.25) is 0 Å². The first kappa shape index (κ1) is 44.0. The number of carboxylic acid groups (broad SMARTS) is 1. The van der Waals surface area contributed by atoms with E-state index in [1.54, 1.807) is 18.2 Å². The Morgan fingerprint density at radius 1 is 0.966 bits per heavy atom. The van der Waals surface area contributed by atoms with Crippen LogP contribution in [0.15, 0.2) is 53.5 Å². The van der Waals surface area contributed by atoms with Gasteiger partial charge in [-0.05, 0) is 95.8 Å². The highest BCUT2D eigenvalue weighted by molar-refractivity contribution is 8.15. The molecule has 16 nitrogen and oxygen atoms in total. The molecule has 0 spiro atoms. The zero-order valence-corrected chi connectivity index (χ0v) is 34.7. The number of unbranched alkanes of at least 4 members (excludes halogenated alkanes) is 2. The summed E-state index contributed by atoms with van der Waals surface area (Å²) in [6.07, 6.45) is 3.47. The van der Waals surface area contributed by atoms with E-state index in [-0.39, 0.29) is 18.9 Å². The Bertz CT molecular complexity index is 1960. The molecule has 5 rings (SSSR count). The van der Waals surface area contributed by atoms with E-state index in [1.807, 2.05) is 49.3 Å². The zero-order valence-electron chi connectivity index (χ0n) is 33.0. The van der Waals surface area contributed by atoms with Crippen molar-refractivity contribution in [1.82, 2.24) is 30.7 Å². The molecule has 0 unspecified atom stereocenters. The fraction of sp³-hybridized carbons (Fsp3) is 0.500. The molecule has 3 aromatic rings. The van der Waals surface area contributed by atoms with Crippen molar-refractivity contribution in [2.24, 2.45) is 4.99 Å². The van der Waals surface area contributed by atoms with Gasteiger partial charge in [-0.3, -0.25) is 29.1 Å². The van der Waals surface area contributed by atoms with Crippen LogP contribution in [0, 0.1) is 0 Å². The van der Waals surface area contributed by atoms with Crippen molar-refractivity contribution in [2.75, 3.05) is 44.8 Å². The summed E-state index contributed by atoms with van der Waals surface area (Å²) in [5, 5.41) is 22.0. The summed E-state index contributed by atoms with van der Waals surface area (Å²) in [6, 6.07) is 10.9. The summed E-state index contributed by atoms with van der Waals surface area (Å²) >= 11 is 2.68. The number of hydrogen-bond donors (Lipinski definition) is 5. The number of aliphatic carboxylic acids is 1. The predicted molar refractivity (Wildman–Crippen MR) is 224 cm³/mol. The molecule has 0 bridgehead atoms. The lowest BCUT2D eigenvalue weighted by Crippen LogP contribution is -2.55. The molecule has 312 valence electrons. The molecular formula is C40H52N8O8S2. The Balaban J connectivity index is 1.28. The highest BCUT2D eigenvalue weighted by Gasteiger charge is 2.37. The van der Waals surface area contributed by atoms with E-state index in [0.717, 1.165) is 23.2 Å². The Morgan fingerprint density at radius 3 is 2.41 bits per heavy atom. The molecule has 1 fully saturated rings. The second-order valence-electron chi connectivity index (χ2n) is 14.6. The number of benzene rings is 2. The zero-order chi connectivity index (χ0) is 41.6. The number of thiazole rings is 1. The molecule has 2 aliphatic heterocycles. The number of nitrogens with one attached hydrogen (secondary N) is 4. The lowest BCUT2D eigenvalue weighted by atomic mass is 10.0. The lowest BCUT2D eigenvalue weighted by molar-refractivity contribution is -0.137. The molecule has 4 atom stereocenters. The average molecular weight is 837 g/mol. The van der Waals surface area contributed by atoms with Gasteiger partial charge in [-0.25, -0.2) is 14.6 Å². The highest BCUT2D eigenvalue weighted by atomic mass is 32.2. The second-order valence-corrected chi connectivity index (χ2v) is 16.6. The number of ether oxygens (including phenoxy) is 1. The monoisotopic (exact) mass is 836 g/mol. The molecular weight excluding hydrogens is 785 g/mol. The van der Waals surface area contributed by atoms with Crippen LogP contribution in [0.4, 0.5) is 10.5 Å². The number of fused-ring (bicyclic) bond motifs is 1. The number of rotatable bonds is 20. The Morgan fingerprint density at radius 2 is 1.71 bits per heavy atom. The smallest absolute Gasteiger partial charge is 0.410 e. The summed E-state index contributed by atoms with van der Waals surface area (Å²) in [5.74, 6) is -2.26. The van der Waals surface area contributed by atoms with Crippen LogP contribution in [0.5, 0.6) is 0 Å². The fourth-order valence-corrected chi connectivity index (χ4v) is 8.69. The van der Waals surface area contributed by atoms with Gasteiger partial charge in [-0.1, -0.05) is 30.3 Å². The van der Waals surface area contributed by atoms with Gasteiger partial charge in [0.1, 0.15) is 34.8 Å². The van der Waals surface area contributed by atoms with E-state index in [0.29, 0.717) is 78.6 Å². The third-order valence-corrected chi connectivity index (χ3v) is 11.9. The van der Waals surface area contributed by atoms with E-state index in [4.69, 9.17) is 4.74 Å². The molecule has 1 saturated heterocycles. The molecule has 5 amide bonds. The van der Waals surface area contributed by atoms with Crippen molar-refractivity contribution < 1.29 is 38.6 Å². The third-order valence-electron chi connectivity index (χ3n) is 9.68. The Kier molecular flexibility index (Phi) is 16.4. The first-order valence-corrected chi connectivity index (χ1v) is 21.3. The number of nitrogens with zero attached hydrogens (tertiary/aromatic N) is 4. The van der Waals surface area contributed by atoms with Crippen molar-refractivity contribution in [3.63, 3.8) is 0 Å². The largest absolute Gasteiger partial charge is 0.480 e. The summed E-state index contributed by atoms with van der Waals surface area (Å²) in [6.45, 7) is 3.04. The molecule has 58 heavy (non-hydrogen) atoms. The molecule has 0 saturated carbocycles. The predicted octanol–water partition coefficient (Wildman–Crippen LogP) is 3.99. The van der Waals surface area contributed by atoms with Crippen molar-refractivity contribution in [1.29, 1.82) is 0 Å². The van der Waals surface area contributed by atoms with Gasteiger partial charge in [0.05, 0.1) is 10.2 Å². The maximum atomic E-state index is 14.1. The minimum Gasteiger partial charge on any atom is -0.480 e. The molecule has 5 N–H and O–H groups in total. The average Bonchev–Trinajstić information content (AvgIpc) is 3.98. The number of aliphatic imine (C=N–C) groups is 1. The van der Waals surface area contributed by atoms with E-state index < -0.39 is 54.0 Å². The number of carboxylic acids is 1. The first-order chi connectivity index (χ1) is 27.9. The van der Waals surface area contributed by atoms with Crippen LogP contribution >= 0.6 is 23.1 Å². The highest BCUT2D eigenvalue weighted by Crippen LogP contribution is 2.31. The van der Waals surface area contributed by atoms with Crippen molar-refractivity contribution in [2.45, 2.75) is 89.1 Å². The molecule has 2 aromatic carbocycles. The van der Waals surface area contributed by atoms with Crippen LogP contribution in [-0.4, -0.2) is 124 Å². The molecule has 0 radical (unpaired) electrons. The summed E-state index contributed by atoms with van der Waals surface area (Å²) in [5.41, 5.74) is 1.97. The van der Waals surface area contributed by atoms with Crippen molar-refractivity contribution >= 4 is 79.7 Å². The van der Waals surface area contributed by atoms with Gasteiger partial charge < -0.3 is 36.0 Å². The molecule has 1 aromatic heterocycles. The van der Waals surface area contributed by atoms with E-state index >= 15 is 0 Å². The normalized spacial score (nSPS) is 17.4. The number of likely N-dealkylation sites (tertiary alicyclic amines) is 1. The number of hydrogen-bond acceptors (Lipinski definition) is 12. The number of aromatic nitrogens is 1. The van der Waals surface area contributed by atoms with Crippen molar-refractivity contribution in [3.8, 4) is 0 Å². The number of anilines is 1. The van der Waals surface area contributed by atoms with Crippen molar-refractivity contribution in [3.05, 3.63) is 59.1 Å². The Labute approximate surface area is 345 Å². The number of amides is 5. The Hall–Kier alpha value is -5.07. The quantitative estimate of drug-likeness (QED) is 0.103. The standard InChI is InChI=1S/C40H52N8O8S2/c1-25(49)41-19-9-7-14-29(34(50)42-27-17-18-28-33(22-27)58-38(45-28)37-46-31(24-57-37)39(53)54)43-35(51)30(15-8-10-20-47(2)3)44-36(52)32-16-11-21-48(32)40(55)56-23-26-12-5-4-6-13-26/h4-6,12-13,17-18,22,29-32H,7-11,14-16,19-21,23-24H2,1-3H3,(H,41,49)(H,42,50)(H,43,51)(H,44,52)(H,53,54)/t29-,30-,31+,32-/m0/s1. The van der Waals surface area contributed by atoms with Crippen LogP contribution < -0.4 is 21.3 Å². The van der Waals surface area contributed by atoms with Gasteiger partial charge in [0.25, 0.3) is 0 Å². The van der Waals surface area contributed by atoms with Gasteiger partial charge in [0.15, 0.2) is 6.04 Å². The van der Waals surface area contributed by atoms with Crippen LogP contribution in [0.3, 0.4) is 0 Å². The number of carbonyl (C=O) groups is 6. The van der Waals surface area contributed by atoms with Crippen LogP contribution in [0.1, 0.15) is 68.9 Å². The minimum atomic E-state index is -0.986. The van der Waals surface area contributed by atoms with Crippen LogP contribution in [0.25, 0.3) is 10.2 Å². The minimum absolute atomic E-state index is 0.0681. The number of thioether (sulfide) groups is 1. The molecule has 2 aliphatic rings. The maximum Gasteiger partial charge on any atom is 0.410 e. The SMILES string of the molecule is CC(=O)NCCCC[C@H](NC(=O)[C@H](CCCCN(C)C)NC(=O)[C@@H]1CCCN1C(=O)OCc1ccccc1)C(=O)Nc1ccc2nc(C3=N[C@@H](C(=O)O)CS3)sc2c1. The van der Waals surface area contributed by atoms with Gasteiger partial charge in [0.2, 0.25) is 23.6 Å². The maximum absolute atomic E-state index is 14.1. The van der Waals surface area contributed by atoms with Gasteiger partial charge in [-0.15, -0.1) is 23.1 Å².